The molecule has 0 amide bonds. The van der Waals surface area contributed by atoms with Crippen LogP contribution in [0.2, 0.25) is 0 Å². The Morgan fingerprint density at radius 3 is 1.69 bits per heavy atom. The third-order valence-electron chi connectivity index (χ3n) is 5.21. The Bertz CT molecular complexity index is 766. The number of hydrogen-bond acceptors (Lipinski definition) is 2. The molecule has 1 fully saturated rings. The van der Waals surface area contributed by atoms with E-state index in [1.165, 1.54) is 35.2 Å². The van der Waals surface area contributed by atoms with Crippen LogP contribution in [0.25, 0.3) is 0 Å². The highest BCUT2D eigenvalue weighted by molar-refractivity contribution is 5.49. The number of nitrogens with zero attached hydrogens (tertiary/aromatic N) is 1. The summed E-state index contributed by atoms with van der Waals surface area (Å²) in [5.74, 6) is 0.686. The second-order valence-electron chi connectivity index (χ2n) is 7.28. The molecule has 0 aromatic heterocycles. The number of benzene rings is 3. The lowest BCUT2D eigenvalue weighted by atomic mass is 10.0. The van der Waals surface area contributed by atoms with Crippen LogP contribution < -0.4 is 10.6 Å². The van der Waals surface area contributed by atoms with Crippen LogP contribution in [0.1, 0.15) is 35.6 Å². The molecule has 2 N–H and O–H groups in total. The summed E-state index contributed by atoms with van der Waals surface area (Å²) in [4.78, 5) is 2.43. The predicted octanol–water partition coefficient (Wildman–Crippen LogP) is 5.30. The van der Waals surface area contributed by atoms with E-state index in [1.54, 1.807) is 0 Å². The monoisotopic (exact) mass is 342 g/mol. The van der Waals surface area contributed by atoms with Gasteiger partial charge < -0.3 is 10.6 Å². The van der Waals surface area contributed by atoms with Crippen LogP contribution in [-0.2, 0) is 13.1 Å². The zero-order valence-electron chi connectivity index (χ0n) is 15.1. The summed E-state index contributed by atoms with van der Waals surface area (Å²) in [5, 5.41) is 0. The zero-order valence-corrected chi connectivity index (χ0v) is 15.1. The van der Waals surface area contributed by atoms with E-state index >= 15 is 0 Å². The van der Waals surface area contributed by atoms with E-state index in [0.29, 0.717) is 5.92 Å². The van der Waals surface area contributed by atoms with Gasteiger partial charge in [0, 0.05) is 24.8 Å². The Hall–Kier alpha value is -2.58. The molecule has 0 spiro atoms. The Kier molecular flexibility index (Phi) is 5.03. The first-order chi connectivity index (χ1) is 12.8. The Morgan fingerprint density at radius 2 is 1.23 bits per heavy atom. The van der Waals surface area contributed by atoms with Crippen LogP contribution in [0.5, 0.6) is 0 Å². The minimum Gasteiger partial charge on any atom is -0.363 e. The van der Waals surface area contributed by atoms with E-state index in [9.17, 15) is 0 Å². The topological polar surface area (TPSA) is 29.3 Å². The van der Waals surface area contributed by atoms with Gasteiger partial charge in [-0.3, -0.25) is 0 Å². The Morgan fingerprint density at radius 1 is 0.731 bits per heavy atom. The molecule has 0 heterocycles. The van der Waals surface area contributed by atoms with Gasteiger partial charge in [-0.15, -0.1) is 0 Å². The van der Waals surface area contributed by atoms with E-state index in [0.717, 1.165) is 13.1 Å². The van der Waals surface area contributed by atoms with Gasteiger partial charge in [0.2, 0.25) is 0 Å². The predicted molar refractivity (Wildman–Crippen MR) is 109 cm³/mol. The van der Waals surface area contributed by atoms with Crippen LogP contribution in [0.3, 0.4) is 0 Å². The largest absolute Gasteiger partial charge is 0.363 e. The number of anilines is 1. The van der Waals surface area contributed by atoms with Gasteiger partial charge in [-0.25, -0.2) is 0 Å². The first kappa shape index (κ1) is 16.9. The van der Waals surface area contributed by atoms with Gasteiger partial charge in [0.05, 0.1) is 0 Å². The second-order valence-corrected chi connectivity index (χ2v) is 7.28. The number of nitrogens with two attached hydrogens (primary N) is 1. The third-order valence-corrected chi connectivity index (χ3v) is 5.21. The van der Waals surface area contributed by atoms with Gasteiger partial charge in [0.15, 0.2) is 0 Å². The fourth-order valence-electron chi connectivity index (χ4n) is 3.48. The van der Waals surface area contributed by atoms with Crippen molar-refractivity contribution in [2.24, 2.45) is 11.7 Å². The van der Waals surface area contributed by atoms with Gasteiger partial charge in [-0.1, -0.05) is 72.8 Å². The van der Waals surface area contributed by atoms with Gasteiger partial charge in [0.1, 0.15) is 0 Å². The molecule has 1 saturated carbocycles. The van der Waals surface area contributed by atoms with Crippen molar-refractivity contribution in [1.82, 2.24) is 0 Å². The Labute approximate surface area is 156 Å². The van der Waals surface area contributed by atoms with Crippen molar-refractivity contribution in [1.29, 1.82) is 0 Å². The van der Waals surface area contributed by atoms with Crippen LogP contribution in [-0.4, -0.2) is 0 Å². The standard InChI is InChI=1S/C24H26N2/c25-24(21-11-12-21)22-13-15-23(16-14-22)26(17-19-7-3-1-4-8-19)18-20-9-5-2-6-10-20/h1-10,13-16,21,24H,11-12,17-18,25H2. The average Bonchev–Trinajstić information content (AvgIpc) is 3.54. The fourth-order valence-corrected chi connectivity index (χ4v) is 3.48. The molecule has 1 aliphatic carbocycles. The maximum absolute atomic E-state index is 6.36. The highest BCUT2D eigenvalue weighted by atomic mass is 15.1. The fraction of sp³-hybridized carbons (Fsp3) is 0.250. The summed E-state index contributed by atoms with van der Waals surface area (Å²) in [6.07, 6.45) is 2.55. The molecule has 1 atom stereocenters. The van der Waals surface area contributed by atoms with Crippen molar-refractivity contribution in [2.75, 3.05) is 4.90 Å². The SMILES string of the molecule is NC(c1ccc(N(Cc2ccccc2)Cc2ccccc2)cc1)C1CC1. The molecular weight excluding hydrogens is 316 g/mol. The van der Waals surface area contributed by atoms with Crippen molar-refractivity contribution in [3.05, 3.63) is 102 Å². The summed E-state index contributed by atoms with van der Waals surface area (Å²) >= 11 is 0. The lowest BCUT2D eigenvalue weighted by molar-refractivity contribution is 0.633. The minimum absolute atomic E-state index is 0.195. The van der Waals surface area contributed by atoms with Gasteiger partial charge in [0.25, 0.3) is 0 Å². The molecule has 26 heavy (non-hydrogen) atoms. The van der Waals surface area contributed by atoms with Crippen molar-refractivity contribution in [2.45, 2.75) is 32.0 Å². The van der Waals surface area contributed by atoms with E-state index in [-0.39, 0.29) is 6.04 Å². The van der Waals surface area contributed by atoms with Crippen LogP contribution in [0.4, 0.5) is 5.69 Å². The number of rotatable bonds is 7. The summed E-state index contributed by atoms with van der Waals surface area (Å²) in [6, 6.07) is 30.4. The van der Waals surface area contributed by atoms with E-state index < -0.39 is 0 Å². The van der Waals surface area contributed by atoms with Crippen LogP contribution in [0, 0.1) is 5.92 Å². The molecule has 3 aromatic rings. The zero-order chi connectivity index (χ0) is 17.8. The summed E-state index contributed by atoms with van der Waals surface area (Å²) in [6.45, 7) is 1.79. The van der Waals surface area contributed by atoms with Gasteiger partial charge >= 0.3 is 0 Å². The maximum Gasteiger partial charge on any atom is 0.0433 e. The van der Waals surface area contributed by atoms with Crippen LogP contribution in [0.15, 0.2) is 84.9 Å². The molecule has 2 heteroatoms. The van der Waals surface area contributed by atoms with E-state index in [2.05, 4.69) is 89.8 Å². The second kappa shape index (κ2) is 7.76. The van der Waals surface area contributed by atoms with Crippen molar-refractivity contribution >= 4 is 5.69 Å². The summed E-state index contributed by atoms with van der Waals surface area (Å²) < 4.78 is 0. The van der Waals surface area contributed by atoms with Gasteiger partial charge in [-0.05, 0) is 47.6 Å². The molecule has 4 rings (SSSR count). The maximum atomic E-state index is 6.36. The van der Waals surface area contributed by atoms with E-state index in [4.69, 9.17) is 5.73 Å². The molecule has 0 saturated heterocycles. The van der Waals surface area contributed by atoms with Crippen molar-refractivity contribution in [3.63, 3.8) is 0 Å². The summed E-state index contributed by atoms with van der Waals surface area (Å²) in [7, 11) is 0. The lowest BCUT2D eigenvalue weighted by Crippen LogP contribution is -2.22. The molecule has 1 unspecified atom stereocenters. The molecule has 132 valence electrons. The molecular formula is C24H26N2. The third kappa shape index (κ3) is 4.14. The number of hydrogen-bond donors (Lipinski definition) is 1. The molecule has 0 radical (unpaired) electrons. The molecule has 2 nitrogen and oxygen atoms in total. The molecule has 0 aliphatic heterocycles. The highest BCUT2D eigenvalue weighted by Gasteiger charge is 2.29. The Balaban J connectivity index is 1.56. The van der Waals surface area contributed by atoms with Gasteiger partial charge in [-0.2, -0.15) is 0 Å². The quantitative estimate of drug-likeness (QED) is 0.631. The minimum atomic E-state index is 0.195. The van der Waals surface area contributed by atoms with Crippen molar-refractivity contribution < 1.29 is 0 Å². The smallest absolute Gasteiger partial charge is 0.0433 e. The molecule has 3 aromatic carbocycles. The summed E-state index contributed by atoms with van der Waals surface area (Å²) in [5.41, 5.74) is 11.5. The van der Waals surface area contributed by atoms with Crippen LogP contribution >= 0.6 is 0 Å². The lowest BCUT2D eigenvalue weighted by Gasteiger charge is -2.26. The molecule has 0 bridgehead atoms. The first-order valence-corrected chi connectivity index (χ1v) is 9.48. The normalized spacial score (nSPS) is 14.8. The highest BCUT2D eigenvalue weighted by Crippen LogP contribution is 2.39. The first-order valence-electron chi connectivity index (χ1n) is 9.48. The van der Waals surface area contributed by atoms with Crippen molar-refractivity contribution in [3.8, 4) is 0 Å². The molecule has 1 aliphatic rings. The average molecular weight is 342 g/mol. The van der Waals surface area contributed by atoms with E-state index in [1.807, 2.05) is 0 Å².